The largest absolute Gasteiger partial charge is 0.383 e. The van der Waals surface area contributed by atoms with Gasteiger partial charge in [-0.05, 0) is 153 Å². The molecule has 0 aromatic carbocycles. The number of fused-ring (bicyclic) bond motifs is 11. The lowest BCUT2D eigenvalue weighted by molar-refractivity contribution is -0.121. The summed E-state index contributed by atoms with van der Waals surface area (Å²) in [6.07, 6.45) is 5.84. The zero-order valence-corrected chi connectivity index (χ0v) is 34.8. The Hall–Kier alpha value is -5.97. The van der Waals surface area contributed by atoms with E-state index in [0.29, 0.717) is 19.5 Å². The first-order valence-corrected chi connectivity index (χ1v) is 20.3. The van der Waals surface area contributed by atoms with Crippen LogP contribution in [0.5, 0.6) is 0 Å². The van der Waals surface area contributed by atoms with Crippen LogP contribution in [0.25, 0.3) is 55.4 Å². The lowest BCUT2D eigenvalue weighted by Crippen LogP contribution is -2.31. The molecular formula is C46H55N9O2. The number of nitrogens with one attached hydrogen (secondary N) is 4. The van der Waals surface area contributed by atoms with Crippen LogP contribution < -0.4 is 16.7 Å². The van der Waals surface area contributed by atoms with E-state index < -0.39 is 5.69 Å². The van der Waals surface area contributed by atoms with Crippen molar-refractivity contribution in [2.45, 2.75) is 107 Å². The second-order valence-electron chi connectivity index (χ2n) is 15.2. The zero-order chi connectivity index (χ0) is 40.7. The molecule has 296 valence electrons. The zero-order valence-electron chi connectivity index (χ0n) is 34.8. The SMILES string of the molecule is CCC1=C(C)c2nc1cc1[nH]c(cc3nc(cc4[nH]c(cc5[nH]c2c(C)c5CC)c(C)c4CC)C(C)=C3CCC(=O)NCCn2ccc(N)nc2=O)c(CC)c1C. The van der Waals surface area contributed by atoms with E-state index in [1.165, 1.54) is 49.1 Å². The van der Waals surface area contributed by atoms with Crippen LogP contribution in [0.2, 0.25) is 0 Å². The third kappa shape index (κ3) is 7.27. The molecular weight excluding hydrogens is 711 g/mol. The normalized spacial score (nSPS) is 12.9. The van der Waals surface area contributed by atoms with E-state index >= 15 is 0 Å². The number of nitrogens with two attached hydrogens (primary N) is 1. The minimum atomic E-state index is -0.439. The van der Waals surface area contributed by atoms with E-state index in [0.717, 1.165) is 92.7 Å². The quantitative estimate of drug-likeness (QED) is 0.0953. The van der Waals surface area contributed by atoms with Crippen molar-refractivity contribution >= 4 is 67.1 Å². The van der Waals surface area contributed by atoms with Gasteiger partial charge < -0.3 is 26.0 Å². The van der Waals surface area contributed by atoms with Gasteiger partial charge in [0.05, 0.1) is 28.3 Å². The number of allylic oxidation sites excluding steroid dienone is 4. The Balaban J connectivity index is 1.42. The number of carbonyl (C=O) groups excluding carboxylic acids is 1. The van der Waals surface area contributed by atoms with Crippen LogP contribution in [-0.4, -0.2) is 46.9 Å². The second-order valence-corrected chi connectivity index (χ2v) is 15.2. The molecule has 57 heavy (non-hydrogen) atoms. The van der Waals surface area contributed by atoms with Crippen LogP contribution >= 0.6 is 0 Å². The molecule has 1 amide bonds. The fourth-order valence-electron chi connectivity index (χ4n) is 8.70. The van der Waals surface area contributed by atoms with E-state index in [2.05, 4.69) is 112 Å². The Morgan fingerprint density at radius 1 is 0.684 bits per heavy atom. The summed E-state index contributed by atoms with van der Waals surface area (Å²) in [4.78, 5) is 51.2. The molecule has 0 fully saturated rings. The third-order valence-electron chi connectivity index (χ3n) is 12.0. The number of amides is 1. The summed E-state index contributed by atoms with van der Waals surface area (Å²) < 4.78 is 1.44. The molecule has 0 unspecified atom stereocenters. The van der Waals surface area contributed by atoms with Crippen molar-refractivity contribution in [3.63, 3.8) is 0 Å². The minimum absolute atomic E-state index is 0.0991. The molecule has 11 heteroatoms. The van der Waals surface area contributed by atoms with E-state index in [4.69, 9.17) is 15.7 Å². The molecule has 0 atom stereocenters. The number of anilines is 1. The Morgan fingerprint density at radius 2 is 1.26 bits per heavy atom. The Labute approximate surface area is 333 Å². The highest BCUT2D eigenvalue weighted by atomic mass is 16.2. The summed E-state index contributed by atoms with van der Waals surface area (Å²) in [5.41, 5.74) is 27.2. The summed E-state index contributed by atoms with van der Waals surface area (Å²) >= 11 is 0. The number of nitrogens with zero attached hydrogens (tertiary/aromatic N) is 4. The van der Waals surface area contributed by atoms with Gasteiger partial charge in [0, 0.05) is 53.3 Å². The van der Waals surface area contributed by atoms with Crippen molar-refractivity contribution in [1.29, 1.82) is 0 Å². The smallest absolute Gasteiger partial charge is 0.349 e. The van der Waals surface area contributed by atoms with Gasteiger partial charge in [0.2, 0.25) is 5.91 Å². The molecule has 10 bridgehead atoms. The van der Waals surface area contributed by atoms with Crippen LogP contribution in [0.4, 0.5) is 5.82 Å². The van der Waals surface area contributed by atoms with Crippen molar-refractivity contribution < 1.29 is 4.79 Å². The summed E-state index contributed by atoms with van der Waals surface area (Å²) in [5.74, 6) is 0.0749. The maximum absolute atomic E-state index is 13.2. The summed E-state index contributed by atoms with van der Waals surface area (Å²) in [6, 6.07) is 10.4. The number of H-pyrrole nitrogens is 3. The molecule has 7 heterocycles. The molecule has 0 saturated heterocycles. The Morgan fingerprint density at radius 3 is 1.89 bits per heavy atom. The number of rotatable bonds is 10. The molecule has 2 aliphatic rings. The van der Waals surface area contributed by atoms with Gasteiger partial charge in [-0.15, -0.1) is 0 Å². The summed E-state index contributed by atoms with van der Waals surface area (Å²) in [6.45, 7) is 20.3. The highest BCUT2D eigenvalue weighted by Gasteiger charge is 2.22. The van der Waals surface area contributed by atoms with Gasteiger partial charge in [0.15, 0.2) is 0 Å². The van der Waals surface area contributed by atoms with Crippen molar-refractivity contribution in [3.05, 3.63) is 103 Å². The van der Waals surface area contributed by atoms with Gasteiger partial charge in [-0.25, -0.2) is 14.8 Å². The molecule has 7 rings (SSSR count). The molecule has 0 radical (unpaired) electrons. The molecule has 6 N–H and O–H groups in total. The standard InChI is InChI=1S/C46H55N9O2/c1-10-29-24(5)34-21-39-31(12-3)27(8)44(52-39)45-28(9)32(13-4)40(53-45)22-35-25(6)30(11-2)38(50-35)23-41-33(26(7)36(51-41)20-37(29)49-34)14-15-43(56)48-17-19-55-18-16-42(47)54-46(55)57/h16,18,20-23,49-50,52H,10-15,17,19H2,1-9H3,(H,48,56)(H2,47,54,57). The number of aryl methyl sites for hydroxylation is 6. The summed E-state index contributed by atoms with van der Waals surface area (Å²) in [7, 11) is 0. The highest BCUT2D eigenvalue weighted by Crippen LogP contribution is 2.38. The highest BCUT2D eigenvalue weighted by molar-refractivity contribution is 5.98. The average Bonchev–Trinajstić information content (AvgIpc) is 3.92. The molecule has 0 spiro atoms. The van der Waals surface area contributed by atoms with Crippen molar-refractivity contribution in [2.24, 2.45) is 0 Å². The molecule has 0 aliphatic carbocycles. The second kappa shape index (κ2) is 15.9. The number of nitrogen functional groups attached to an aromatic ring is 1. The molecule has 5 aromatic rings. The topological polar surface area (TPSA) is 163 Å². The molecule has 2 aliphatic heterocycles. The van der Waals surface area contributed by atoms with E-state index in [9.17, 15) is 9.59 Å². The van der Waals surface area contributed by atoms with E-state index in [1.807, 2.05) is 0 Å². The summed E-state index contributed by atoms with van der Waals surface area (Å²) in [5, 5.41) is 2.98. The lowest BCUT2D eigenvalue weighted by Gasteiger charge is -2.08. The monoisotopic (exact) mass is 765 g/mol. The minimum Gasteiger partial charge on any atom is -0.383 e. The van der Waals surface area contributed by atoms with E-state index in [-0.39, 0.29) is 18.1 Å². The third-order valence-corrected chi connectivity index (χ3v) is 12.0. The predicted octanol–water partition coefficient (Wildman–Crippen LogP) is 8.98. The number of aromatic nitrogens is 7. The fraction of sp³-hybridized carbons (Fsp3) is 0.370. The predicted molar refractivity (Wildman–Crippen MR) is 234 cm³/mol. The number of hydrogen-bond acceptors (Lipinski definition) is 6. The number of aromatic amines is 3. The van der Waals surface area contributed by atoms with Crippen molar-refractivity contribution in [3.8, 4) is 0 Å². The van der Waals surface area contributed by atoms with Crippen LogP contribution in [0.3, 0.4) is 0 Å². The fourth-order valence-corrected chi connectivity index (χ4v) is 8.70. The lowest BCUT2D eigenvalue weighted by atomic mass is 10.00. The van der Waals surface area contributed by atoms with Crippen LogP contribution in [0.15, 0.2) is 41.3 Å². The molecule has 11 nitrogen and oxygen atoms in total. The maximum Gasteiger partial charge on any atom is 0.349 e. The number of carbonyl (C=O) groups is 1. The van der Waals surface area contributed by atoms with Gasteiger partial charge in [-0.3, -0.25) is 9.36 Å². The van der Waals surface area contributed by atoms with Crippen LogP contribution in [0, 0.1) is 20.8 Å². The van der Waals surface area contributed by atoms with Gasteiger partial charge in [-0.2, -0.15) is 4.98 Å². The Kier molecular flexibility index (Phi) is 10.9. The average molecular weight is 766 g/mol. The van der Waals surface area contributed by atoms with Gasteiger partial charge in [-0.1, -0.05) is 27.7 Å². The van der Waals surface area contributed by atoms with Crippen LogP contribution in [0.1, 0.15) is 117 Å². The molecule has 5 aromatic heterocycles. The Bertz CT molecular complexity index is 2770. The van der Waals surface area contributed by atoms with Crippen molar-refractivity contribution in [1.82, 2.24) is 39.8 Å². The maximum atomic E-state index is 13.2. The first-order chi connectivity index (χ1) is 27.4. The molecule has 0 saturated carbocycles. The van der Waals surface area contributed by atoms with Crippen LogP contribution in [-0.2, 0) is 30.6 Å². The number of hydrogen-bond donors (Lipinski definition) is 5. The van der Waals surface area contributed by atoms with Crippen molar-refractivity contribution in [2.75, 3.05) is 12.3 Å². The van der Waals surface area contributed by atoms with Gasteiger partial charge >= 0.3 is 5.69 Å². The first-order valence-electron chi connectivity index (χ1n) is 20.3. The first kappa shape index (κ1) is 39.3. The van der Waals surface area contributed by atoms with E-state index in [1.54, 1.807) is 12.3 Å². The van der Waals surface area contributed by atoms with Gasteiger partial charge in [0.25, 0.3) is 0 Å². The van der Waals surface area contributed by atoms with Gasteiger partial charge in [0.1, 0.15) is 5.82 Å².